The Morgan fingerprint density at radius 3 is 2.79 bits per heavy atom. The zero-order valence-corrected chi connectivity index (χ0v) is 13.4. The predicted molar refractivity (Wildman–Crippen MR) is 83.4 cm³/mol. The number of nitrogens with zero attached hydrogens (tertiary/aromatic N) is 4. The highest BCUT2D eigenvalue weighted by molar-refractivity contribution is 7.98. The molecule has 0 bridgehead atoms. The van der Waals surface area contributed by atoms with Crippen molar-refractivity contribution in [3.8, 4) is 0 Å². The summed E-state index contributed by atoms with van der Waals surface area (Å²) in [5.41, 5.74) is 3.20. The molecule has 0 atom stereocenters. The Balaban J connectivity index is 2.44. The zero-order chi connectivity index (χ0) is 13.8. The summed E-state index contributed by atoms with van der Waals surface area (Å²) in [4.78, 5) is 4.74. The number of hydrogen-bond donors (Lipinski definition) is 0. The fourth-order valence-electron chi connectivity index (χ4n) is 2.37. The van der Waals surface area contributed by atoms with E-state index in [2.05, 4.69) is 27.5 Å². The molecule has 0 unspecified atom stereocenters. The summed E-state index contributed by atoms with van der Waals surface area (Å²) in [5, 5.41) is 4.55. The lowest BCUT2D eigenvalue weighted by atomic mass is 10.4. The molecule has 6 heteroatoms. The Morgan fingerprint density at radius 2 is 2.16 bits per heavy atom. The Bertz CT molecular complexity index is 546. The van der Waals surface area contributed by atoms with Crippen LogP contribution in [0, 0.1) is 6.92 Å². The Hall–Kier alpha value is -0.680. The molecular formula is C13H21ClN4S. The second-order valence-electron chi connectivity index (χ2n) is 4.54. The molecule has 19 heavy (non-hydrogen) atoms. The van der Waals surface area contributed by atoms with Crippen molar-refractivity contribution in [1.29, 1.82) is 0 Å². The topological polar surface area (TPSA) is 35.6 Å². The number of hydrogen-bond acceptors (Lipinski definition) is 3. The van der Waals surface area contributed by atoms with E-state index >= 15 is 0 Å². The van der Waals surface area contributed by atoms with Gasteiger partial charge in [-0.05, 0) is 32.3 Å². The number of halogens is 1. The fourth-order valence-corrected chi connectivity index (χ4v) is 2.95. The number of aromatic nitrogens is 4. The van der Waals surface area contributed by atoms with Crippen LogP contribution in [0.15, 0.2) is 0 Å². The Labute approximate surface area is 123 Å². The molecule has 0 aliphatic heterocycles. The van der Waals surface area contributed by atoms with Crippen molar-refractivity contribution in [2.45, 2.75) is 39.8 Å². The molecule has 0 saturated heterocycles. The third kappa shape index (κ3) is 2.92. The molecule has 0 spiro atoms. The molecule has 0 saturated carbocycles. The number of fused-ring (bicyclic) bond motifs is 1. The van der Waals surface area contributed by atoms with Gasteiger partial charge in [0.1, 0.15) is 11.3 Å². The summed E-state index contributed by atoms with van der Waals surface area (Å²) in [6, 6.07) is 0. The Morgan fingerprint density at radius 1 is 1.37 bits per heavy atom. The van der Waals surface area contributed by atoms with Crippen molar-refractivity contribution in [1.82, 2.24) is 19.3 Å². The van der Waals surface area contributed by atoms with Gasteiger partial charge in [-0.3, -0.25) is 0 Å². The first kappa shape index (κ1) is 14.7. The first-order valence-electron chi connectivity index (χ1n) is 6.70. The lowest BCUT2D eigenvalue weighted by Gasteiger charge is -2.09. The van der Waals surface area contributed by atoms with E-state index in [4.69, 9.17) is 16.6 Å². The molecule has 0 N–H and O–H groups in total. The summed E-state index contributed by atoms with van der Waals surface area (Å²) in [7, 11) is 0. The van der Waals surface area contributed by atoms with Crippen molar-refractivity contribution in [3.05, 3.63) is 11.5 Å². The summed E-state index contributed by atoms with van der Waals surface area (Å²) in [5.74, 6) is 2.87. The van der Waals surface area contributed by atoms with Crippen molar-refractivity contribution >= 4 is 34.5 Å². The highest BCUT2D eigenvalue weighted by atomic mass is 35.5. The maximum Gasteiger partial charge on any atom is 0.158 e. The van der Waals surface area contributed by atoms with Crippen molar-refractivity contribution < 1.29 is 0 Å². The smallest absolute Gasteiger partial charge is 0.158 e. The fraction of sp³-hybridized carbons (Fsp3) is 0.692. The van der Waals surface area contributed by atoms with E-state index in [9.17, 15) is 0 Å². The average molecular weight is 301 g/mol. The van der Waals surface area contributed by atoms with Crippen LogP contribution in [0.25, 0.3) is 11.2 Å². The van der Waals surface area contributed by atoms with E-state index in [0.717, 1.165) is 48.6 Å². The maximum absolute atomic E-state index is 5.90. The summed E-state index contributed by atoms with van der Waals surface area (Å²) < 4.78 is 4.35. The van der Waals surface area contributed by atoms with Gasteiger partial charge < -0.3 is 4.57 Å². The zero-order valence-electron chi connectivity index (χ0n) is 11.8. The van der Waals surface area contributed by atoms with Crippen molar-refractivity contribution in [3.63, 3.8) is 0 Å². The first-order chi connectivity index (χ1) is 9.22. The summed E-state index contributed by atoms with van der Waals surface area (Å²) in [6.07, 6.45) is 4.11. The highest BCUT2D eigenvalue weighted by Crippen LogP contribution is 2.21. The number of thioether (sulfide) groups is 1. The van der Waals surface area contributed by atoms with E-state index in [1.807, 2.05) is 18.7 Å². The van der Waals surface area contributed by atoms with Gasteiger partial charge in [-0.2, -0.15) is 16.9 Å². The third-order valence-electron chi connectivity index (χ3n) is 3.23. The summed E-state index contributed by atoms with van der Waals surface area (Å²) in [6.45, 7) is 6.01. The van der Waals surface area contributed by atoms with Gasteiger partial charge in [0.2, 0.25) is 0 Å². The Kier molecular flexibility index (Phi) is 5.16. The predicted octanol–water partition coefficient (Wildman–Crippen LogP) is 3.10. The van der Waals surface area contributed by atoms with Crippen LogP contribution >= 0.6 is 23.4 Å². The second kappa shape index (κ2) is 6.66. The molecule has 4 nitrogen and oxygen atoms in total. The van der Waals surface area contributed by atoms with E-state index < -0.39 is 0 Å². The minimum absolute atomic E-state index is 0.612. The van der Waals surface area contributed by atoms with Crippen LogP contribution in [0.2, 0.25) is 0 Å². The van der Waals surface area contributed by atoms with Gasteiger partial charge in [0.05, 0.1) is 5.69 Å². The van der Waals surface area contributed by atoms with E-state index in [-0.39, 0.29) is 0 Å². The lowest BCUT2D eigenvalue weighted by molar-refractivity contribution is 0.606. The molecular weight excluding hydrogens is 280 g/mol. The minimum Gasteiger partial charge on any atom is -0.313 e. The minimum atomic E-state index is 0.612. The molecule has 2 aromatic rings. The molecule has 0 aliphatic rings. The molecule has 0 aliphatic carbocycles. The molecule has 2 aromatic heterocycles. The quantitative estimate of drug-likeness (QED) is 0.582. The lowest BCUT2D eigenvalue weighted by Crippen LogP contribution is -2.10. The maximum atomic E-state index is 5.90. The molecule has 2 heterocycles. The van der Waals surface area contributed by atoms with Crippen LogP contribution < -0.4 is 0 Å². The van der Waals surface area contributed by atoms with Crippen LogP contribution in [-0.2, 0) is 19.5 Å². The molecule has 0 amide bonds. The summed E-state index contributed by atoms with van der Waals surface area (Å²) >= 11 is 7.78. The SMILES string of the molecule is CCn1nc(C)c2nc(CCCl)n(CCCSC)c21. The monoisotopic (exact) mass is 300 g/mol. The molecule has 106 valence electrons. The number of imidazole rings is 1. The van der Waals surface area contributed by atoms with Gasteiger partial charge in [-0.25, -0.2) is 9.67 Å². The molecule has 0 radical (unpaired) electrons. The molecule has 0 fully saturated rings. The largest absolute Gasteiger partial charge is 0.313 e. The average Bonchev–Trinajstić information content (AvgIpc) is 2.90. The van der Waals surface area contributed by atoms with E-state index in [1.165, 1.54) is 5.75 Å². The second-order valence-corrected chi connectivity index (χ2v) is 5.90. The van der Waals surface area contributed by atoms with Gasteiger partial charge in [0, 0.05) is 25.4 Å². The number of alkyl halides is 1. The van der Waals surface area contributed by atoms with Crippen LogP contribution in [0.3, 0.4) is 0 Å². The van der Waals surface area contributed by atoms with Gasteiger partial charge in [-0.1, -0.05) is 0 Å². The van der Waals surface area contributed by atoms with Crippen LogP contribution in [0.4, 0.5) is 0 Å². The van der Waals surface area contributed by atoms with E-state index in [0.29, 0.717) is 5.88 Å². The van der Waals surface area contributed by atoms with Crippen LogP contribution in [0.5, 0.6) is 0 Å². The third-order valence-corrected chi connectivity index (χ3v) is 4.11. The van der Waals surface area contributed by atoms with E-state index in [1.54, 1.807) is 0 Å². The normalized spacial score (nSPS) is 11.6. The van der Waals surface area contributed by atoms with Gasteiger partial charge in [0.25, 0.3) is 0 Å². The van der Waals surface area contributed by atoms with Gasteiger partial charge in [0.15, 0.2) is 5.65 Å². The van der Waals surface area contributed by atoms with Gasteiger partial charge >= 0.3 is 0 Å². The van der Waals surface area contributed by atoms with Crippen LogP contribution in [0.1, 0.15) is 24.9 Å². The highest BCUT2D eigenvalue weighted by Gasteiger charge is 2.17. The molecule has 2 rings (SSSR count). The number of rotatable bonds is 7. The molecule has 0 aromatic carbocycles. The number of aryl methyl sites for hydroxylation is 4. The first-order valence-corrected chi connectivity index (χ1v) is 8.63. The van der Waals surface area contributed by atoms with Gasteiger partial charge in [-0.15, -0.1) is 11.6 Å². The van der Waals surface area contributed by atoms with Crippen molar-refractivity contribution in [2.75, 3.05) is 17.9 Å². The van der Waals surface area contributed by atoms with Crippen molar-refractivity contribution in [2.24, 2.45) is 0 Å². The standard InChI is InChI=1S/C13H21ClN4S/c1-4-18-13-12(10(2)16-18)15-11(6-7-14)17(13)8-5-9-19-3/h4-9H2,1-3H3. The van der Waals surface area contributed by atoms with Crippen LogP contribution in [-0.4, -0.2) is 37.2 Å².